The second-order valence-electron chi connectivity index (χ2n) is 4.78. The molecule has 0 saturated heterocycles. The topological polar surface area (TPSA) is 50.9 Å². The highest BCUT2D eigenvalue weighted by Crippen LogP contribution is 2.26. The summed E-state index contributed by atoms with van der Waals surface area (Å²) in [6, 6.07) is 13.2. The number of anilines is 1. The van der Waals surface area contributed by atoms with Crippen LogP contribution in [0.5, 0.6) is 0 Å². The second kappa shape index (κ2) is 5.00. The highest BCUT2D eigenvalue weighted by molar-refractivity contribution is 5.73. The van der Waals surface area contributed by atoms with E-state index in [2.05, 4.69) is 35.7 Å². The number of aromatic nitrogens is 1. The Morgan fingerprint density at radius 1 is 1.10 bits per heavy atom. The van der Waals surface area contributed by atoms with Crippen molar-refractivity contribution in [2.24, 2.45) is 0 Å². The Morgan fingerprint density at radius 2 is 1.95 bits per heavy atom. The number of fused-ring (bicyclic) bond motifs is 1. The van der Waals surface area contributed by atoms with Crippen molar-refractivity contribution in [3.63, 3.8) is 0 Å². The Labute approximate surface area is 117 Å². The fraction of sp³-hybridized carbons (Fsp3) is 0.125. The van der Waals surface area contributed by atoms with E-state index in [1.165, 1.54) is 5.56 Å². The number of rotatable bonds is 3. The van der Waals surface area contributed by atoms with Gasteiger partial charge in [-0.05, 0) is 41.8 Å². The van der Waals surface area contributed by atoms with Crippen LogP contribution in [0.3, 0.4) is 0 Å². The van der Waals surface area contributed by atoms with Gasteiger partial charge in [0.2, 0.25) is 0 Å². The maximum atomic E-state index is 11.0. The summed E-state index contributed by atoms with van der Waals surface area (Å²) in [4.78, 5) is 0. The predicted octanol–water partition coefficient (Wildman–Crippen LogP) is 3.86. The van der Waals surface area contributed by atoms with E-state index in [1.807, 2.05) is 12.3 Å². The maximum Gasteiger partial charge on any atom is 0.0514 e. The first-order chi connectivity index (χ1) is 9.67. The maximum absolute atomic E-state index is 11.0. The van der Waals surface area contributed by atoms with E-state index in [1.54, 1.807) is 18.2 Å². The Kier molecular flexibility index (Phi) is 3.18. The van der Waals surface area contributed by atoms with Crippen LogP contribution in [0.15, 0.2) is 54.9 Å². The van der Waals surface area contributed by atoms with Gasteiger partial charge in [0.25, 0.3) is 0 Å². The highest BCUT2D eigenvalue weighted by atomic mass is 16.8. The molecule has 0 saturated carbocycles. The van der Waals surface area contributed by atoms with Gasteiger partial charge in [0.15, 0.2) is 0 Å². The third-order valence-electron chi connectivity index (χ3n) is 3.46. The molecule has 0 aliphatic carbocycles. The van der Waals surface area contributed by atoms with Crippen molar-refractivity contribution in [3.05, 3.63) is 65.6 Å². The molecular weight excluding hydrogens is 252 g/mol. The minimum absolute atomic E-state index is 0.117. The quantitative estimate of drug-likeness (QED) is 0.733. The smallest absolute Gasteiger partial charge is 0.0514 e. The molecule has 1 N–H and O–H groups in total. The number of pyridine rings is 1. The third-order valence-corrected chi connectivity index (χ3v) is 3.46. The molecule has 4 nitrogen and oxygen atoms in total. The molecule has 2 heterocycles. The molecule has 0 amide bonds. The van der Waals surface area contributed by atoms with Crippen LogP contribution in [0.2, 0.25) is 0 Å². The van der Waals surface area contributed by atoms with E-state index >= 15 is 0 Å². The van der Waals surface area contributed by atoms with Crippen molar-refractivity contribution in [2.45, 2.75) is 13.3 Å². The summed E-state index contributed by atoms with van der Waals surface area (Å²) in [7, 11) is 0. The zero-order valence-electron chi connectivity index (χ0n) is 11.2. The van der Waals surface area contributed by atoms with E-state index in [0.29, 0.717) is 0 Å². The van der Waals surface area contributed by atoms with Gasteiger partial charge in [-0.1, -0.05) is 25.1 Å². The minimum atomic E-state index is -0.117. The first-order valence-electron chi connectivity index (χ1n) is 6.54. The van der Waals surface area contributed by atoms with Gasteiger partial charge in [-0.25, -0.2) is 0 Å². The van der Waals surface area contributed by atoms with Crippen LogP contribution in [-0.4, -0.2) is 9.61 Å². The molecule has 3 rings (SSSR count). The van der Waals surface area contributed by atoms with Crippen molar-refractivity contribution in [2.75, 3.05) is 5.23 Å². The lowest BCUT2D eigenvalue weighted by Gasteiger charge is -2.21. The number of nitrogens with zero attached hydrogens (tertiary/aromatic N) is 2. The summed E-state index contributed by atoms with van der Waals surface area (Å²) >= 11 is 0. The second-order valence-corrected chi connectivity index (χ2v) is 4.78. The molecule has 3 aromatic rings. The molecule has 0 atom stereocenters. The fourth-order valence-corrected chi connectivity index (χ4v) is 2.33. The number of benzene rings is 1. The molecule has 0 bridgehead atoms. The van der Waals surface area contributed by atoms with E-state index < -0.39 is 0 Å². The van der Waals surface area contributed by atoms with Gasteiger partial charge < -0.3 is 14.8 Å². The van der Waals surface area contributed by atoms with Gasteiger partial charge in [-0.15, -0.1) is 0 Å². The fourth-order valence-electron chi connectivity index (χ4n) is 2.33. The Morgan fingerprint density at radius 3 is 2.70 bits per heavy atom. The monoisotopic (exact) mass is 267 g/mol. The van der Waals surface area contributed by atoms with Crippen molar-refractivity contribution >= 4 is 11.2 Å². The van der Waals surface area contributed by atoms with Gasteiger partial charge in [0, 0.05) is 23.5 Å². The van der Waals surface area contributed by atoms with Gasteiger partial charge in [-0.3, -0.25) is 5.21 Å². The summed E-state index contributed by atoms with van der Waals surface area (Å²) in [5.41, 5.74) is 4.52. The van der Waals surface area contributed by atoms with Crippen molar-refractivity contribution < 1.29 is 5.21 Å². The number of hydrogen-bond acceptors (Lipinski definition) is 3. The van der Waals surface area contributed by atoms with E-state index in [4.69, 9.17) is 5.21 Å². The standard InChI is InChI=1S/C16H15N2O2/c1-2-12-6-7-15-9-14(11-17(15)10-12)13-4-3-5-16(8-13)18(19)20/h3-11,19H,2H2,1H3/q-1. The van der Waals surface area contributed by atoms with Crippen molar-refractivity contribution in [3.8, 4) is 11.1 Å². The first-order valence-corrected chi connectivity index (χ1v) is 6.54. The molecule has 0 aliphatic rings. The lowest BCUT2D eigenvalue weighted by molar-refractivity contribution is 0.296. The summed E-state index contributed by atoms with van der Waals surface area (Å²) in [6.45, 7) is 2.12. The largest absolute Gasteiger partial charge is 0.733 e. The summed E-state index contributed by atoms with van der Waals surface area (Å²) in [5.74, 6) is 0. The van der Waals surface area contributed by atoms with E-state index in [-0.39, 0.29) is 10.9 Å². The molecular formula is C16H15N2O2-. The first kappa shape index (κ1) is 12.7. The molecule has 102 valence electrons. The highest BCUT2D eigenvalue weighted by Gasteiger charge is 2.04. The van der Waals surface area contributed by atoms with Gasteiger partial charge >= 0.3 is 0 Å². The normalized spacial score (nSPS) is 10.9. The molecule has 2 aromatic heterocycles. The van der Waals surface area contributed by atoms with Gasteiger partial charge in [0.1, 0.15) is 0 Å². The molecule has 0 unspecified atom stereocenters. The SMILES string of the molecule is CCc1ccc2cc(-c3cccc(N([O-])O)c3)cn2c1. The lowest BCUT2D eigenvalue weighted by atomic mass is 10.1. The number of hydrogen-bond donors (Lipinski definition) is 1. The summed E-state index contributed by atoms with van der Waals surface area (Å²) in [6.07, 6.45) is 5.13. The molecule has 4 heteroatoms. The van der Waals surface area contributed by atoms with Crippen molar-refractivity contribution in [1.29, 1.82) is 0 Å². The zero-order chi connectivity index (χ0) is 14.1. The molecule has 1 aromatic carbocycles. The van der Waals surface area contributed by atoms with Crippen LogP contribution < -0.4 is 5.23 Å². The van der Waals surface area contributed by atoms with E-state index in [9.17, 15) is 5.21 Å². The summed E-state index contributed by atoms with van der Waals surface area (Å²) < 4.78 is 2.08. The van der Waals surface area contributed by atoms with Gasteiger partial charge in [0.05, 0.1) is 5.69 Å². The average Bonchev–Trinajstić information content (AvgIpc) is 2.90. The zero-order valence-corrected chi connectivity index (χ0v) is 11.2. The van der Waals surface area contributed by atoms with Crippen molar-refractivity contribution in [1.82, 2.24) is 4.40 Å². The molecule has 0 spiro atoms. The molecule has 0 radical (unpaired) electrons. The Balaban J connectivity index is 2.07. The van der Waals surface area contributed by atoms with Crippen LogP contribution in [0.4, 0.5) is 5.69 Å². The number of aryl methyl sites for hydroxylation is 1. The third kappa shape index (κ3) is 2.27. The van der Waals surface area contributed by atoms with Crippen LogP contribution in [0.25, 0.3) is 16.6 Å². The van der Waals surface area contributed by atoms with E-state index in [0.717, 1.165) is 23.1 Å². The van der Waals surface area contributed by atoms with Crippen LogP contribution >= 0.6 is 0 Å². The molecule has 0 aliphatic heterocycles. The summed E-state index contributed by atoms with van der Waals surface area (Å²) in [5, 5.41) is 19.8. The van der Waals surface area contributed by atoms with Crippen LogP contribution in [0.1, 0.15) is 12.5 Å². The lowest BCUT2D eigenvalue weighted by Crippen LogP contribution is -2.06. The Hall–Kier alpha value is -2.30. The Bertz CT molecular complexity index is 747. The average molecular weight is 267 g/mol. The molecule has 20 heavy (non-hydrogen) atoms. The predicted molar refractivity (Wildman–Crippen MR) is 79.8 cm³/mol. The molecule has 0 fully saturated rings. The minimum Gasteiger partial charge on any atom is -0.733 e. The van der Waals surface area contributed by atoms with Crippen LogP contribution in [0, 0.1) is 5.21 Å². The van der Waals surface area contributed by atoms with Gasteiger partial charge in [-0.2, -0.15) is 0 Å². The van der Waals surface area contributed by atoms with Crippen LogP contribution in [-0.2, 0) is 6.42 Å².